The van der Waals surface area contributed by atoms with Gasteiger partial charge in [0.2, 0.25) is 0 Å². The number of phenols is 1. The molecule has 2 heterocycles. The second-order valence-corrected chi connectivity index (χ2v) is 17.4. The molecule has 2 aromatic heterocycles. The highest BCUT2D eigenvalue weighted by atomic mass is 16.3. The summed E-state index contributed by atoms with van der Waals surface area (Å²) < 4.78 is 0. The van der Waals surface area contributed by atoms with Crippen molar-refractivity contribution in [2.75, 3.05) is 0 Å². The zero-order chi connectivity index (χ0) is 40.4. The Labute approximate surface area is 343 Å². The number of hydrogen-bond acceptors (Lipinski definition) is 3. The van der Waals surface area contributed by atoms with Gasteiger partial charge in [-0.2, -0.15) is 0 Å². The lowest BCUT2D eigenvalue weighted by Gasteiger charge is -2.27. The molecule has 8 aromatic rings. The van der Waals surface area contributed by atoms with Crippen molar-refractivity contribution in [3.63, 3.8) is 0 Å². The molecule has 286 valence electrons. The zero-order valence-electron chi connectivity index (χ0n) is 34.3. The van der Waals surface area contributed by atoms with Gasteiger partial charge < -0.3 is 5.11 Å². The number of aromatic nitrogens is 2. The minimum Gasteiger partial charge on any atom is -0.507 e. The molecule has 3 heteroatoms. The highest BCUT2D eigenvalue weighted by molar-refractivity contribution is 5.84. The Bertz CT molecular complexity index is 2690. The summed E-state index contributed by atoms with van der Waals surface area (Å²) in [6.07, 6.45) is 2.77. The highest BCUT2D eigenvalue weighted by Crippen LogP contribution is 2.43. The van der Waals surface area contributed by atoms with Crippen molar-refractivity contribution in [2.45, 2.75) is 58.8 Å². The fourth-order valence-electron chi connectivity index (χ4n) is 7.58. The van der Waals surface area contributed by atoms with E-state index in [0.717, 1.165) is 84.7 Å². The lowest BCUT2D eigenvalue weighted by atomic mass is 9.78. The maximum atomic E-state index is 12.1. The normalized spacial score (nSPS) is 11.8. The van der Waals surface area contributed by atoms with Crippen molar-refractivity contribution in [2.24, 2.45) is 0 Å². The molecular formula is C55H50N2O. The van der Waals surface area contributed by atoms with E-state index in [-0.39, 0.29) is 16.6 Å². The van der Waals surface area contributed by atoms with E-state index in [9.17, 15) is 5.11 Å². The van der Waals surface area contributed by atoms with Crippen LogP contribution >= 0.6 is 0 Å². The number of phenolic OH excluding ortho intramolecular Hbond substituents is 1. The molecule has 3 nitrogen and oxygen atoms in total. The average molecular weight is 755 g/mol. The standard InChI is InChI=1S/C55H50N2O/c1-54(2,3)47-35-48(53(58)49(36-47)55(4,5)6)52-34-44(40-20-14-9-15-21-40)33-51(57-52)46-30-43(41-24-22-38(23-25-41)28-37-16-10-7-11-17-37)29-45(31-46)50-32-42(26-27-56-50)39-18-12-8-13-19-39/h7-27,29-36,58H,28H2,1-6H3. The summed E-state index contributed by atoms with van der Waals surface area (Å²) in [6.45, 7) is 13.1. The molecule has 0 amide bonds. The average Bonchev–Trinajstić information content (AvgIpc) is 3.24. The van der Waals surface area contributed by atoms with Gasteiger partial charge in [0.25, 0.3) is 0 Å². The molecule has 0 saturated heterocycles. The maximum Gasteiger partial charge on any atom is 0.128 e. The van der Waals surface area contributed by atoms with Crippen molar-refractivity contribution in [3.05, 3.63) is 198 Å². The van der Waals surface area contributed by atoms with Crippen LogP contribution in [0.4, 0.5) is 0 Å². The van der Waals surface area contributed by atoms with Gasteiger partial charge in [-0.1, -0.05) is 163 Å². The summed E-state index contributed by atoms with van der Waals surface area (Å²) in [7, 11) is 0. The molecule has 0 radical (unpaired) electrons. The van der Waals surface area contributed by atoms with E-state index >= 15 is 0 Å². The van der Waals surface area contributed by atoms with Gasteiger partial charge in [-0.05, 0) is 116 Å². The summed E-state index contributed by atoms with van der Waals surface area (Å²) in [5.74, 6) is 0.274. The molecule has 6 aromatic carbocycles. The van der Waals surface area contributed by atoms with Crippen LogP contribution in [0, 0.1) is 0 Å². The first kappa shape index (κ1) is 38.3. The van der Waals surface area contributed by atoms with Crippen molar-refractivity contribution in [1.29, 1.82) is 0 Å². The number of pyridine rings is 2. The monoisotopic (exact) mass is 754 g/mol. The minimum atomic E-state index is -0.277. The molecule has 0 saturated carbocycles. The Hall–Kier alpha value is -6.58. The Balaban J connectivity index is 1.33. The quantitative estimate of drug-likeness (QED) is 0.168. The summed E-state index contributed by atoms with van der Waals surface area (Å²) >= 11 is 0. The first-order valence-electron chi connectivity index (χ1n) is 20.2. The lowest BCUT2D eigenvalue weighted by Crippen LogP contribution is -2.17. The molecule has 0 bridgehead atoms. The van der Waals surface area contributed by atoms with E-state index in [0.29, 0.717) is 0 Å². The van der Waals surface area contributed by atoms with Gasteiger partial charge in [-0.15, -0.1) is 0 Å². The van der Waals surface area contributed by atoms with Crippen molar-refractivity contribution in [3.8, 4) is 72.9 Å². The van der Waals surface area contributed by atoms with E-state index in [1.54, 1.807) is 0 Å². The number of nitrogens with zero attached hydrogens (tertiary/aromatic N) is 2. The molecule has 0 unspecified atom stereocenters. The topological polar surface area (TPSA) is 46.0 Å². The predicted octanol–water partition coefficient (Wildman–Crippen LogP) is 14.4. The van der Waals surface area contributed by atoms with Crippen LogP contribution in [0.3, 0.4) is 0 Å². The molecule has 0 atom stereocenters. The Kier molecular flexibility index (Phi) is 10.4. The van der Waals surface area contributed by atoms with Crippen molar-refractivity contribution < 1.29 is 5.11 Å². The second kappa shape index (κ2) is 15.8. The van der Waals surface area contributed by atoms with Crippen LogP contribution in [-0.4, -0.2) is 15.1 Å². The first-order valence-corrected chi connectivity index (χ1v) is 20.2. The van der Waals surface area contributed by atoms with E-state index in [1.807, 2.05) is 18.3 Å². The third-order valence-corrected chi connectivity index (χ3v) is 10.9. The predicted molar refractivity (Wildman–Crippen MR) is 243 cm³/mol. The van der Waals surface area contributed by atoms with Crippen LogP contribution in [0.1, 0.15) is 63.8 Å². The molecular weight excluding hydrogens is 705 g/mol. The van der Waals surface area contributed by atoms with Gasteiger partial charge in [-0.3, -0.25) is 4.98 Å². The summed E-state index contributed by atoms with van der Waals surface area (Å²) in [5, 5.41) is 12.1. The third kappa shape index (κ3) is 8.40. The number of rotatable bonds is 8. The third-order valence-electron chi connectivity index (χ3n) is 10.9. The van der Waals surface area contributed by atoms with Gasteiger partial charge in [0.1, 0.15) is 5.75 Å². The van der Waals surface area contributed by atoms with Crippen LogP contribution in [0.25, 0.3) is 67.2 Å². The van der Waals surface area contributed by atoms with E-state index in [1.165, 1.54) is 11.1 Å². The summed E-state index contributed by atoms with van der Waals surface area (Å²) in [5.41, 5.74) is 15.9. The fourth-order valence-corrected chi connectivity index (χ4v) is 7.58. The Morgan fingerprint density at radius 2 is 0.914 bits per heavy atom. The van der Waals surface area contributed by atoms with Gasteiger partial charge in [0.15, 0.2) is 0 Å². The van der Waals surface area contributed by atoms with Gasteiger partial charge >= 0.3 is 0 Å². The largest absolute Gasteiger partial charge is 0.507 e. The number of aromatic hydroxyl groups is 1. The van der Waals surface area contributed by atoms with E-state index in [2.05, 4.69) is 199 Å². The number of benzene rings is 6. The molecule has 58 heavy (non-hydrogen) atoms. The van der Waals surface area contributed by atoms with Crippen molar-refractivity contribution >= 4 is 0 Å². The van der Waals surface area contributed by atoms with Crippen LogP contribution in [0.2, 0.25) is 0 Å². The molecule has 0 aliphatic heterocycles. The summed E-state index contributed by atoms with van der Waals surface area (Å²) in [4.78, 5) is 10.3. The SMILES string of the molecule is CC(C)(C)c1cc(-c2cc(-c3ccccc3)cc(-c3cc(-c4ccc(Cc5ccccc5)cc4)cc(-c4cc(-c5ccccc5)ccn4)c3)n2)c(O)c(C(C)(C)C)c1. The van der Waals surface area contributed by atoms with E-state index < -0.39 is 0 Å². The molecule has 0 fully saturated rings. The molecule has 1 N–H and O–H groups in total. The Morgan fingerprint density at radius 3 is 1.53 bits per heavy atom. The fraction of sp³-hybridized carbons (Fsp3) is 0.164. The van der Waals surface area contributed by atoms with E-state index in [4.69, 9.17) is 9.97 Å². The zero-order valence-corrected chi connectivity index (χ0v) is 34.3. The molecule has 0 spiro atoms. The molecule has 0 aliphatic rings. The van der Waals surface area contributed by atoms with Gasteiger partial charge in [-0.25, -0.2) is 4.98 Å². The highest BCUT2D eigenvalue weighted by Gasteiger charge is 2.26. The summed E-state index contributed by atoms with van der Waals surface area (Å²) in [6, 6.07) is 59.9. The van der Waals surface area contributed by atoms with Crippen LogP contribution in [-0.2, 0) is 17.3 Å². The maximum absolute atomic E-state index is 12.1. The second-order valence-electron chi connectivity index (χ2n) is 17.4. The number of hydrogen-bond donors (Lipinski definition) is 1. The van der Waals surface area contributed by atoms with Crippen molar-refractivity contribution in [1.82, 2.24) is 9.97 Å². The van der Waals surface area contributed by atoms with Gasteiger partial charge in [0, 0.05) is 28.5 Å². The van der Waals surface area contributed by atoms with Crippen LogP contribution in [0.5, 0.6) is 5.75 Å². The van der Waals surface area contributed by atoms with Gasteiger partial charge in [0.05, 0.1) is 17.1 Å². The lowest BCUT2D eigenvalue weighted by molar-refractivity contribution is 0.446. The molecule has 8 rings (SSSR count). The molecule has 0 aliphatic carbocycles. The van der Waals surface area contributed by atoms with Crippen LogP contribution in [0.15, 0.2) is 176 Å². The first-order chi connectivity index (χ1) is 27.9. The minimum absolute atomic E-state index is 0.135. The van der Waals surface area contributed by atoms with Crippen LogP contribution < -0.4 is 0 Å². The smallest absolute Gasteiger partial charge is 0.128 e. The Morgan fingerprint density at radius 1 is 0.414 bits per heavy atom.